The standard InChI is InChI=1S/C20H28N4O2/c25-19(16-3-9-23(10-4-16)17-13-21-7-8-22-17)24-14-20(5-11-26-12-6-20)18(24)15-1-2-15/h7-8,13,15-16,18H,1-6,9-12,14H2. The van der Waals surface area contributed by atoms with Crippen molar-refractivity contribution >= 4 is 11.7 Å². The van der Waals surface area contributed by atoms with Crippen LogP contribution in [-0.4, -0.2) is 59.7 Å². The van der Waals surface area contributed by atoms with E-state index in [0.29, 0.717) is 17.4 Å². The summed E-state index contributed by atoms with van der Waals surface area (Å²) in [4.78, 5) is 26.3. The Balaban J connectivity index is 1.22. The molecule has 4 aliphatic rings. The Morgan fingerprint density at radius 2 is 1.88 bits per heavy atom. The number of amides is 1. The number of likely N-dealkylation sites (tertiary alicyclic amines) is 1. The van der Waals surface area contributed by atoms with Crippen LogP contribution in [-0.2, 0) is 9.53 Å². The van der Waals surface area contributed by atoms with E-state index in [1.165, 1.54) is 12.8 Å². The Hall–Kier alpha value is -1.69. The van der Waals surface area contributed by atoms with E-state index in [4.69, 9.17) is 4.74 Å². The Labute approximate surface area is 154 Å². The van der Waals surface area contributed by atoms with E-state index in [1.54, 1.807) is 12.4 Å². The van der Waals surface area contributed by atoms with Gasteiger partial charge in [-0.25, -0.2) is 4.98 Å². The van der Waals surface area contributed by atoms with Crippen LogP contribution in [0.5, 0.6) is 0 Å². The topological polar surface area (TPSA) is 58.6 Å². The molecule has 0 aromatic carbocycles. The monoisotopic (exact) mass is 356 g/mol. The quantitative estimate of drug-likeness (QED) is 0.830. The van der Waals surface area contributed by atoms with Gasteiger partial charge >= 0.3 is 0 Å². The predicted molar refractivity (Wildman–Crippen MR) is 97.7 cm³/mol. The molecule has 0 N–H and O–H groups in total. The van der Waals surface area contributed by atoms with E-state index in [1.807, 2.05) is 6.20 Å². The predicted octanol–water partition coefficient (Wildman–Crippen LogP) is 2.11. The minimum atomic E-state index is 0.182. The summed E-state index contributed by atoms with van der Waals surface area (Å²) in [6.45, 7) is 4.52. The molecular weight excluding hydrogens is 328 g/mol. The van der Waals surface area contributed by atoms with Crippen molar-refractivity contribution in [2.24, 2.45) is 17.3 Å². The molecule has 1 spiro atoms. The van der Waals surface area contributed by atoms with Crippen LogP contribution in [0.4, 0.5) is 5.82 Å². The zero-order valence-electron chi connectivity index (χ0n) is 15.3. The molecule has 1 unspecified atom stereocenters. The summed E-state index contributed by atoms with van der Waals surface area (Å²) in [5.41, 5.74) is 0.370. The molecule has 1 aliphatic carbocycles. The number of carbonyl (C=O) groups is 1. The number of anilines is 1. The lowest BCUT2D eigenvalue weighted by molar-refractivity contribution is -0.175. The van der Waals surface area contributed by atoms with Gasteiger partial charge in [0.15, 0.2) is 0 Å². The molecule has 1 aromatic heterocycles. The van der Waals surface area contributed by atoms with E-state index in [-0.39, 0.29) is 5.92 Å². The van der Waals surface area contributed by atoms with Crippen LogP contribution in [0.25, 0.3) is 0 Å². The number of hydrogen-bond donors (Lipinski definition) is 0. The molecule has 6 heteroatoms. The summed E-state index contributed by atoms with van der Waals surface area (Å²) in [6, 6.07) is 0.497. The van der Waals surface area contributed by atoms with E-state index in [0.717, 1.165) is 70.3 Å². The number of rotatable bonds is 3. The van der Waals surface area contributed by atoms with Gasteiger partial charge in [-0.3, -0.25) is 9.78 Å². The molecule has 4 fully saturated rings. The second-order valence-electron chi connectivity index (χ2n) is 8.55. The van der Waals surface area contributed by atoms with Gasteiger partial charge in [0.05, 0.1) is 6.20 Å². The van der Waals surface area contributed by atoms with Crippen molar-refractivity contribution in [3.8, 4) is 0 Å². The third-order valence-electron chi connectivity index (χ3n) is 7.01. The molecule has 3 saturated heterocycles. The minimum absolute atomic E-state index is 0.182. The van der Waals surface area contributed by atoms with Crippen molar-refractivity contribution in [3.63, 3.8) is 0 Å². The highest BCUT2D eigenvalue weighted by atomic mass is 16.5. The lowest BCUT2D eigenvalue weighted by Gasteiger charge is -2.60. The van der Waals surface area contributed by atoms with E-state index in [9.17, 15) is 4.79 Å². The summed E-state index contributed by atoms with van der Waals surface area (Å²) in [5.74, 6) is 2.28. The van der Waals surface area contributed by atoms with Crippen LogP contribution in [0, 0.1) is 17.3 Å². The SMILES string of the molecule is O=C(C1CCN(c2cnccn2)CC1)N1CC2(CCOCC2)C1C1CC1. The smallest absolute Gasteiger partial charge is 0.226 e. The Morgan fingerprint density at radius 3 is 2.54 bits per heavy atom. The van der Waals surface area contributed by atoms with Gasteiger partial charge in [-0.15, -0.1) is 0 Å². The van der Waals surface area contributed by atoms with Gasteiger partial charge in [0, 0.05) is 62.6 Å². The third kappa shape index (κ3) is 2.79. The van der Waals surface area contributed by atoms with Gasteiger partial charge in [0.1, 0.15) is 5.82 Å². The molecule has 4 heterocycles. The highest BCUT2D eigenvalue weighted by Gasteiger charge is 2.60. The second kappa shape index (κ2) is 6.48. The van der Waals surface area contributed by atoms with Crippen LogP contribution >= 0.6 is 0 Å². The van der Waals surface area contributed by atoms with Gasteiger partial charge in [0.2, 0.25) is 5.91 Å². The number of piperidine rings is 1. The first kappa shape index (κ1) is 16.5. The first-order chi connectivity index (χ1) is 12.8. The molecule has 1 amide bonds. The van der Waals surface area contributed by atoms with Crippen molar-refractivity contribution in [2.45, 2.75) is 44.6 Å². The van der Waals surface area contributed by atoms with Gasteiger partial charge in [-0.2, -0.15) is 0 Å². The van der Waals surface area contributed by atoms with Crippen molar-refractivity contribution in [1.29, 1.82) is 0 Å². The van der Waals surface area contributed by atoms with Crippen molar-refractivity contribution in [2.75, 3.05) is 37.7 Å². The number of ether oxygens (including phenoxy) is 1. The molecule has 26 heavy (non-hydrogen) atoms. The Kier molecular flexibility index (Phi) is 4.11. The highest BCUT2D eigenvalue weighted by molar-refractivity contribution is 5.81. The maximum absolute atomic E-state index is 13.2. The zero-order chi connectivity index (χ0) is 17.6. The summed E-state index contributed by atoms with van der Waals surface area (Å²) < 4.78 is 5.60. The fraction of sp³-hybridized carbons (Fsp3) is 0.750. The fourth-order valence-electron chi connectivity index (χ4n) is 5.41. The molecule has 1 saturated carbocycles. The maximum Gasteiger partial charge on any atom is 0.226 e. The lowest BCUT2D eigenvalue weighted by atomic mass is 9.64. The lowest BCUT2D eigenvalue weighted by Crippen LogP contribution is -2.69. The summed E-state index contributed by atoms with van der Waals surface area (Å²) in [6.07, 6.45) is 12.0. The van der Waals surface area contributed by atoms with Crippen LogP contribution in [0.3, 0.4) is 0 Å². The van der Waals surface area contributed by atoms with Crippen molar-refractivity contribution in [1.82, 2.24) is 14.9 Å². The van der Waals surface area contributed by atoms with Crippen LogP contribution in [0.1, 0.15) is 38.5 Å². The Bertz CT molecular complexity index is 649. The first-order valence-electron chi connectivity index (χ1n) is 10.2. The molecule has 3 aliphatic heterocycles. The fourth-order valence-corrected chi connectivity index (χ4v) is 5.41. The number of nitrogens with zero attached hydrogens (tertiary/aromatic N) is 4. The Morgan fingerprint density at radius 1 is 1.12 bits per heavy atom. The highest BCUT2D eigenvalue weighted by Crippen LogP contribution is 2.55. The molecule has 6 nitrogen and oxygen atoms in total. The van der Waals surface area contributed by atoms with Gasteiger partial charge in [-0.05, 0) is 44.4 Å². The normalized spacial score (nSPS) is 28.8. The summed E-state index contributed by atoms with van der Waals surface area (Å²) in [5, 5.41) is 0. The van der Waals surface area contributed by atoms with Crippen LogP contribution in [0.15, 0.2) is 18.6 Å². The molecular formula is C20H28N4O2. The average molecular weight is 356 g/mol. The number of hydrogen-bond acceptors (Lipinski definition) is 5. The van der Waals surface area contributed by atoms with Crippen molar-refractivity contribution in [3.05, 3.63) is 18.6 Å². The van der Waals surface area contributed by atoms with E-state index >= 15 is 0 Å². The maximum atomic E-state index is 13.2. The largest absolute Gasteiger partial charge is 0.381 e. The molecule has 0 bridgehead atoms. The molecule has 140 valence electrons. The molecule has 0 radical (unpaired) electrons. The van der Waals surface area contributed by atoms with Crippen molar-refractivity contribution < 1.29 is 9.53 Å². The third-order valence-corrected chi connectivity index (χ3v) is 7.01. The van der Waals surface area contributed by atoms with Crippen LogP contribution in [0.2, 0.25) is 0 Å². The van der Waals surface area contributed by atoms with Crippen LogP contribution < -0.4 is 4.90 Å². The molecule has 1 atom stereocenters. The first-order valence-corrected chi connectivity index (χ1v) is 10.2. The van der Waals surface area contributed by atoms with E-state index in [2.05, 4.69) is 19.8 Å². The minimum Gasteiger partial charge on any atom is -0.381 e. The van der Waals surface area contributed by atoms with Gasteiger partial charge in [0.25, 0.3) is 0 Å². The zero-order valence-corrected chi connectivity index (χ0v) is 15.3. The van der Waals surface area contributed by atoms with Gasteiger partial charge in [-0.1, -0.05) is 0 Å². The summed E-state index contributed by atoms with van der Waals surface area (Å²) in [7, 11) is 0. The number of carbonyl (C=O) groups excluding carboxylic acids is 1. The molecule has 1 aromatic rings. The number of aromatic nitrogens is 2. The molecule has 5 rings (SSSR count). The summed E-state index contributed by atoms with van der Waals surface area (Å²) >= 11 is 0. The second-order valence-corrected chi connectivity index (χ2v) is 8.55. The average Bonchev–Trinajstić information content (AvgIpc) is 3.52. The van der Waals surface area contributed by atoms with E-state index < -0.39 is 0 Å². The van der Waals surface area contributed by atoms with Gasteiger partial charge < -0.3 is 14.5 Å².